The summed E-state index contributed by atoms with van der Waals surface area (Å²) >= 11 is 0. The SMILES string of the molecule is CCCNC(c1nccn1CC)C(C)(CC)OCC. The van der Waals surface area contributed by atoms with Crippen molar-refractivity contribution in [1.82, 2.24) is 14.9 Å². The Hall–Kier alpha value is -0.870. The molecule has 0 radical (unpaired) electrons. The van der Waals surface area contributed by atoms with Gasteiger partial charge in [0.1, 0.15) is 5.82 Å². The van der Waals surface area contributed by atoms with E-state index < -0.39 is 0 Å². The van der Waals surface area contributed by atoms with Gasteiger partial charge in [0.15, 0.2) is 0 Å². The standard InChI is InChI=1S/C15H29N3O/c1-6-10-16-13(15(5,7-2)19-9-4)14-17-11-12-18(14)8-3/h11-13,16H,6-10H2,1-5H3. The molecule has 4 heteroatoms. The number of rotatable bonds is 9. The molecule has 1 heterocycles. The maximum Gasteiger partial charge on any atom is 0.128 e. The van der Waals surface area contributed by atoms with Crippen LogP contribution in [0.3, 0.4) is 0 Å². The molecule has 0 fully saturated rings. The molecule has 4 nitrogen and oxygen atoms in total. The minimum absolute atomic E-state index is 0.132. The molecule has 0 aliphatic rings. The van der Waals surface area contributed by atoms with Crippen LogP contribution in [0.15, 0.2) is 12.4 Å². The van der Waals surface area contributed by atoms with Gasteiger partial charge >= 0.3 is 0 Å². The molecule has 0 aromatic carbocycles. The average molecular weight is 267 g/mol. The van der Waals surface area contributed by atoms with Gasteiger partial charge in [0.25, 0.3) is 0 Å². The predicted octanol–water partition coefficient (Wildman–Crippen LogP) is 3.15. The second-order valence-corrected chi connectivity index (χ2v) is 5.06. The average Bonchev–Trinajstić information content (AvgIpc) is 2.87. The molecule has 110 valence electrons. The smallest absolute Gasteiger partial charge is 0.128 e. The van der Waals surface area contributed by atoms with Crippen molar-refractivity contribution in [3.05, 3.63) is 18.2 Å². The zero-order valence-corrected chi connectivity index (χ0v) is 13.1. The summed E-state index contributed by atoms with van der Waals surface area (Å²) in [4.78, 5) is 4.56. The van der Waals surface area contributed by atoms with Crippen molar-refractivity contribution in [2.75, 3.05) is 13.2 Å². The number of ether oxygens (including phenoxy) is 1. The third-order valence-electron chi connectivity index (χ3n) is 3.73. The number of hydrogen-bond donors (Lipinski definition) is 1. The largest absolute Gasteiger partial charge is 0.373 e. The van der Waals surface area contributed by atoms with Crippen LogP contribution in [0.2, 0.25) is 0 Å². The first-order valence-electron chi connectivity index (χ1n) is 7.51. The monoisotopic (exact) mass is 267 g/mol. The second kappa shape index (κ2) is 7.65. The van der Waals surface area contributed by atoms with E-state index in [-0.39, 0.29) is 11.6 Å². The van der Waals surface area contributed by atoms with Crippen LogP contribution in [0, 0.1) is 0 Å². The Balaban J connectivity index is 3.05. The Kier molecular flexibility index (Phi) is 6.52. The fourth-order valence-electron chi connectivity index (χ4n) is 2.44. The van der Waals surface area contributed by atoms with E-state index in [2.05, 4.69) is 49.5 Å². The van der Waals surface area contributed by atoms with Gasteiger partial charge in [0.2, 0.25) is 0 Å². The van der Waals surface area contributed by atoms with E-state index in [1.165, 1.54) is 0 Å². The van der Waals surface area contributed by atoms with Crippen LogP contribution < -0.4 is 5.32 Å². The van der Waals surface area contributed by atoms with Gasteiger partial charge in [-0.2, -0.15) is 0 Å². The number of imidazole rings is 1. The van der Waals surface area contributed by atoms with E-state index in [0.29, 0.717) is 0 Å². The normalized spacial score (nSPS) is 16.3. The molecule has 0 bridgehead atoms. The van der Waals surface area contributed by atoms with Crippen LogP contribution >= 0.6 is 0 Å². The Morgan fingerprint density at radius 3 is 2.63 bits per heavy atom. The Morgan fingerprint density at radius 2 is 2.11 bits per heavy atom. The number of aryl methyl sites for hydroxylation is 1. The highest BCUT2D eigenvalue weighted by Crippen LogP contribution is 2.31. The highest BCUT2D eigenvalue weighted by atomic mass is 16.5. The molecular weight excluding hydrogens is 238 g/mol. The summed E-state index contributed by atoms with van der Waals surface area (Å²) in [6.45, 7) is 13.4. The van der Waals surface area contributed by atoms with Gasteiger partial charge in [-0.1, -0.05) is 13.8 Å². The quantitative estimate of drug-likeness (QED) is 0.747. The summed E-state index contributed by atoms with van der Waals surface area (Å²) in [5.74, 6) is 1.08. The molecule has 1 aromatic rings. The van der Waals surface area contributed by atoms with E-state index in [0.717, 1.165) is 38.4 Å². The van der Waals surface area contributed by atoms with Crippen molar-refractivity contribution in [2.45, 2.75) is 65.6 Å². The molecule has 2 unspecified atom stereocenters. The lowest BCUT2D eigenvalue weighted by Crippen LogP contribution is -2.45. The van der Waals surface area contributed by atoms with E-state index in [9.17, 15) is 0 Å². The molecule has 1 N–H and O–H groups in total. The van der Waals surface area contributed by atoms with E-state index in [1.54, 1.807) is 0 Å². The third kappa shape index (κ3) is 3.80. The molecule has 0 saturated carbocycles. The van der Waals surface area contributed by atoms with Crippen LogP contribution in [0.4, 0.5) is 0 Å². The fourth-order valence-corrected chi connectivity index (χ4v) is 2.44. The highest BCUT2D eigenvalue weighted by molar-refractivity contribution is 5.07. The number of aromatic nitrogens is 2. The molecule has 2 atom stereocenters. The minimum atomic E-state index is -0.220. The first-order valence-corrected chi connectivity index (χ1v) is 7.51. The van der Waals surface area contributed by atoms with E-state index in [4.69, 9.17) is 4.74 Å². The Morgan fingerprint density at radius 1 is 1.37 bits per heavy atom. The number of hydrogen-bond acceptors (Lipinski definition) is 3. The zero-order chi connectivity index (χ0) is 14.3. The van der Waals surface area contributed by atoms with Gasteiger partial charge in [-0.25, -0.2) is 4.98 Å². The van der Waals surface area contributed by atoms with Gasteiger partial charge in [-0.15, -0.1) is 0 Å². The van der Waals surface area contributed by atoms with Gasteiger partial charge < -0.3 is 14.6 Å². The third-order valence-corrected chi connectivity index (χ3v) is 3.73. The molecule has 0 spiro atoms. The highest BCUT2D eigenvalue weighted by Gasteiger charge is 2.36. The summed E-state index contributed by atoms with van der Waals surface area (Å²) in [5.41, 5.74) is -0.220. The maximum absolute atomic E-state index is 6.05. The molecule has 0 amide bonds. The van der Waals surface area contributed by atoms with Crippen LogP contribution in [0.1, 0.15) is 59.3 Å². The van der Waals surface area contributed by atoms with Crippen LogP contribution in [-0.2, 0) is 11.3 Å². The van der Waals surface area contributed by atoms with Gasteiger partial charge in [-0.3, -0.25) is 0 Å². The molecule has 1 rings (SSSR count). The van der Waals surface area contributed by atoms with E-state index >= 15 is 0 Å². The Bertz CT molecular complexity index is 364. The maximum atomic E-state index is 6.05. The molecule has 1 aromatic heterocycles. The van der Waals surface area contributed by atoms with Gasteiger partial charge in [0, 0.05) is 25.5 Å². The lowest BCUT2D eigenvalue weighted by Gasteiger charge is -2.37. The van der Waals surface area contributed by atoms with Gasteiger partial charge in [-0.05, 0) is 40.2 Å². The number of nitrogens with zero attached hydrogens (tertiary/aromatic N) is 2. The second-order valence-electron chi connectivity index (χ2n) is 5.06. The van der Waals surface area contributed by atoms with Crippen molar-refractivity contribution in [3.8, 4) is 0 Å². The van der Waals surface area contributed by atoms with E-state index in [1.807, 2.05) is 12.4 Å². The summed E-state index contributed by atoms with van der Waals surface area (Å²) in [6.07, 6.45) is 5.98. The summed E-state index contributed by atoms with van der Waals surface area (Å²) in [5, 5.41) is 3.61. The predicted molar refractivity (Wildman–Crippen MR) is 79.3 cm³/mol. The summed E-state index contributed by atoms with van der Waals surface area (Å²) in [7, 11) is 0. The van der Waals surface area contributed by atoms with Crippen LogP contribution in [0.5, 0.6) is 0 Å². The van der Waals surface area contributed by atoms with Crippen molar-refractivity contribution in [2.24, 2.45) is 0 Å². The first-order chi connectivity index (χ1) is 9.12. The minimum Gasteiger partial charge on any atom is -0.373 e. The lowest BCUT2D eigenvalue weighted by atomic mass is 9.92. The van der Waals surface area contributed by atoms with Crippen LogP contribution in [0.25, 0.3) is 0 Å². The molecule has 0 saturated heterocycles. The zero-order valence-electron chi connectivity index (χ0n) is 13.1. The fraction of sp³-hybridized carbons (Fsp3) is 0.800. The lowest BCUT2D eigenvalue weighted by molar-refractivity contribution is -0.0589. The topological polar surface area (TPSA) is 39.1 Å². The molecule has 0 aliphatic heterocycles. The van der Waals surface area contributed by atoms with Crippen LogP contribution in [-0.4, -0.2) is 28.3 Å². The summed E-state index contributed by atoms with van der Waals surface area (Å²) in [6, 6.07) is 0.132. The molecule has 19 heavy (non-hydrogen) atoms. The van der Waals surface area contributed by atoms with Crippen molar-refractivity contribution >= 4 is 0 Å². The van der Waals surface area contributed by atoms with Crippen molar-refractivity contribution < 1.29 is 4.74 Å². The summed E-state index contributed by atoms with van der Waals surface area (Å²) < 4.78 is 8.24. The molecule has 0 aliphatic carbocycles. The first kappa shape index (κ1) is 16.2. The van der Waals surface area contributed by atoms with Crippen molar-refractivity contribution in [1.29, 1.82) is 0 Å². The van der Waals surface area contributed by atoms with Crippen molar-refractivity contribution in [3.63, 3.8) is 0 Å². The molecular formula is C15H29N3O. The number of nitrogens with one attached hydrogen (secondary N) is 1. The Labute approximate surface area is 117 Å². The van der Waals surface area contributed by atoms with Gasteiger partial charge in [0.05, 0.1) is 11.6 Å².